The van der Waals surface area contributed by atoms with Crippen molar-refractivity contribution in [3.63, 3.8) is 0 Å². The summed E-state index contributed by atoms with van der Waals surface area (Å²) in [5, 5.41) is 0. The molecule has 25 heavy (non-hydrogen) atoms. The van der Waals surface area contributed by atoms with Crippen LogP contribution in [0.2, 0.25) is 0 Å². The number of ether oxygens (including phenoxy) is 2. The van der Waals surface area contributed by atoms with Crippen LogP contribution in [0.1, 0.15) is 29.8 Å². The molecule has 2 aromatic rings. The fourth-order valence-electron chi connectivity index (χ4n) is 3.01. The predicted octanol–water partition coefficient (Wildman–Crippen LogP) is 4.05. The summed E-state index contributed by atoms with van der Waals surface area (Å²) < 4.78 is 12.7. The number of benzene rings is 1. The van der Waals surface area contributed by atoms with Gasteiger partial charge in [-0.2, -0.15) is 0 Å². The number of aromatic nitrogens is 2. The highest BCUT2D eigenvalue weighted by molar-refractivity contribution is 9.10. The minimum Gasteiger partial charge on any atom is -0.489 e. The Balaban J connectivity index is 1.77. The number of para-hydroxylation sites is 1. The summed E-state index contributed by atoms with van der Waals surface area (Å²) in [4.78, 5) is 11.1. The molecule has 3 rings (SSSR count). The Morgan fingerprint density at radius 1 is 1.36 bits per heavy atom. The van der Waals surface area contributed by atoms with Gasteiger partial charge in [-0.3, -0.25) is 4.98 Å². The van der Waals surface area contributed by atoms with Gasteiger partial charge < -0.3 is 14.4 Å². The Hall–Kier alpha value is -1.66. The molecule has 0 aliphatic carbocycles. The van der Waals surface area contributed by atoms with E-state index in [4.69, 9.17) is 9.47 Å². The van der Waals surface area contributed by atoms with Crippen molar-refractivity contribution in [2.75, 3.05) is 25.2 Å². The van der Waals surface area contributed by atoms with Gasteiger partial charge in [0.25, 0.3) is 0 Å². The number of hydrogen-bond donors (Lipinski definition) is 0. The minimum absolute atomic E-state index is 0.197. The van der Waals surface area contributed by atoms with E-state index in [9.17, 15) is 0 Å². The highest BCUT2D eigenvalue weighted by atomic mass is 79.9. The average Bonchev–Trinajstić information content (AvgIpc) is 3.10. The Morgan fingerprint density at radius 3 is 2.96 bits per heavy atom. The second-order valence-electron chi connectivity index (χ2n) is 6.45. The van der Waals surface area contributed by atoms with Crippen LogP contribution in [0.3, 0.4) is 0 Å². The molecule has 1 atom stereocenters. The zero-order valence-corrected chi connectivity index (χ0v) is 16.5. The molecule has 1 fully saturated rings. The summed E-state index contributed by atoms with van der Waals surface area (Å²) in [6, 6.07) is 6.12. The van der Waals surface area contributed by atoms with Gasteiger partial charge in [-0.15, -0.1) is 0 Å². The van der Waals surface area contributed by atoms with E-state index >= 15 is 0 Å². The zero-order valence-electron chi connectivity index (χ0n) is 15.0. The van der Waals surface area contributed by atoms with Gasteiger partial charge in [0.05, 0.1) is 22.0 Å². The first-order valence-corrected chi connectivity index (χ1v) is 9.37. The van der Waals surface area contributed by atoms with Crippen molar-refractivity contribution in [1.29, 1.82) is 0 Å². The van der Waals surface area contributed by atoms with E-state index in [1.165, 1.54) is 0 Å². The third-order valence-electron chi connectivity index (χ3n) is 4.31. The largest absolute Gasteiger partial charge is 0.489 e. The molecule has 6 heteroatoms. The van der Waals surface area contributed by atoms with Gasteiger partial charge in [0.15, 0.2) is 0 Å². The normalized spacial score (nSPS) is 16.9. The molecular formula is C19H24BrN3O2. The molecule has 1 aromatic carbocycles. The lowest BCUT2D eigenvalue weighted by molar-refractivity contribution is 0.0673. The fraction of sp³-hybridized carbons (Fsp3) is 0.474. The molecule has 1 saturated heterocycles. The highest BCUT2D eigenvalue weighted by Crippen LogP contribution is 2.31. The van der Waals surface area contributed by atoms with Crippen LogP contribution in [0, 0.1) is 13.8 Å². The number of nitrogens with zero attached hydrogens (tertiary/aromatic N) is 3. The van der Waals surface area contributed by atoms with E-state index in [0.29, 0.717) is 13.2 Å². The maximum absolute atomic E-state index is 6.11. The molecule has 0 radical (unpaired) electrons. The maximum atomic E-state index is 6.11. The van der Waals surface area contributed by atoms with Gasteiger partial charge >= 0.3 is 0 Å². The van der Waals surface area contributed by atoms with Crippen LogP contribution in [-0.4, -0.2) is 36.3 Å². The molecule has 1 unspecified atom stereocenters. The Labute approximate surface area is 157 Å². The second-order valence-corrected chi connectivity index (χ2v) is 7.30. The van der Waals surface area contributed by atoms with E-state index in [-0.39, 0.29) is 6.10 Å². The topological polar surface area (TPSA) is 47.5 Å². The lowest BCUT2D eigenvalue weighted by atomic mass is 10.2. The summed E-state index contributed by atoms with van der Waals surface area (Å²) >= 11 is 3.62. The smallest absolute Gasteiger partial charge is 0.150 e. The van der Waals surface area contributed by atoms with Crippen molar-refractivity contribution in [1.82, 2.24) is 9.97 Å². The lowest BCUT2D eigenvalue weighted by Crippen LogP contribution is -2.21. The van der Waals surface area contributed by atoms with Crippen LogP contribution in [0.5, 0.6) is 5.75 Å². The fourth-order valence-corrected chi connectivity index (χ4v) is 3.53. The highest BCUT2D eigenvalue weighted by Gasteiger charge is 2.19. The number of aryl methyl sites for hydroxylation is 2. The molecule has 134 valence electrons. The summed E-state index contributed by atoms with van der Waals surface area (Å²) in [5.41, 5.74) is 2.94. The molecule has 1 aromatic heterocycles. The molecule has 0 N–H and O–H groups in total. The molecular weight excluding hydrogens is 382 g/mol. The number of hydrogen-bond acceptors (Lipinski definition) is 5. The van der Waals surface area contributed by atoms with E-state index in [0.717, 1.165) is 52.4 Å². The van der Waals surface area contributed by atoms with Gasteiger partial charge in [0.1, 0.15) is 18.2 Å². The van der Waals surface area contributed by atoms with E-state index in [1.54, 1.807) is 6.20 Å². The maximum Gasteiger partial charge on any atom is 0.150 e. The van der Waals surface area contributed by atoms with Gasteiger partial charge in [-0.1, -0.05) is 12.1 Å². The van der Waals surface area contributed by atoms with Crippen LogP contribution in [0.15, 0.2) is 28.9 Å². The van der Waals surface area contributed by atoms with Crippen LogP contribution < -0.4 is 9.64 Å². The summed E-state index contributed by atoms with van der Waals surface area (Å²) in [5.74, 6) is 1.77. The monoisotopic (exact) mass is 405 g/mol. The molecule has 2 heterocycles. The van der Waals surface area contributed by atoms with Crippen molar-refractivity contribution in [3.05, 3.63) is 45.8 Å². The van der Waals surface area contributed by atoms with Crippen LogP contribution in [-0.2, 0) is 11.3 Å². The molecule has 5 nitrogen and oxygen atoms in total. The molecule has 0 bridgehead atoms. The number of rotatable bonds is 6. The Morgan fingerprint density at radius 2 is 2.20 bits per heavy atom. The van der Waals surface area contributed by atoms with Crippen LogP contribution >= 0.6 is 15.9 Å². The minimum atomic E-state index is 0.197. The zero-order chi connectivity index (χ0) is 17.8. The first-order valence-electron chi connectivity index (χ1n) is 8.57. The average molecular weight is 406 g/mol. The van der Waals surface area contributed by atoms with Crippen molar-refractivity contribution in [3.8, 4) is 5.75 Å². The summed E-state index contributed by atoms with van der Waals surface area (Å²) in [6.07, 6.45) is 4.17. The quantitative estimate of drug-likeness (QED) is 0.725. The third kappa shape index (κ3) is 4.50. The van der Waals surface area contributed by atoms with Gasteiger partial charge in [0.2, 0.25) is 0 Å². The first kappa shape index (κ1) is 18.1. The first-order chi connectivity index (χ1) is 12.0. The van der Waals surface area contributed by atoms with E-state index < -0.39 is 0 Å². The SMILES string of the molecule is Cc1cnc(C)c(N(C)Cc2cccc(Br)c2OCC2CCCO2)n1. The molecule has 1 aliphatic rings. The standard InChI is InChI=1S/C19H24BrN3O2/c1-13-10-21-14(2)19(22-13)23(3)11-15-6-4-8-17(20)18(15)25-12-16-7-5-9-24-16/h4,6,8,10,16H,5,7,9,11-12H2,1-3H3. The molecule has 0 saturated carbocycles. The van der Waals surface area contributed by atoms with E-state index in [2.05, 4.69) is 36.9 Å². The van der Waals surface area contributed by atoms with Crippen molar-refractivity contribution >= 4 is 21.7 Å². The lowest BCUT2D eigenvalue weighted by Gasteiger charge is -2.22. The van der Waals surface area contributed by atoms with E-state index in [1.807, 2.05) is 33.0 Å². The molecule has 1 aliphatic heterocycles. The Bertz CT molecular complexity index is 733. The second kappa shape index (κ2) is 8.15. The third-order valence-corrected chi connectivity index (χ3v) is 4.93. The Kier molecular flexibility index (Phi) is 5.91. The number of halogens is 1. The van der Waals surface area contributed by atoms with Crippen LogP contribution in [0.4, 0.5) is 5.82 Å². The molecule has 0 amide bonds. The summed E-state index contributed by atoms with van der Waals surface area (Å²) in [6.45, 7) is 6.06. The van der Waals surface area contributed by atoms with Gasteiger partial charge in [0, 0.05) is 32.0 Å². The van der Waals surface area contributed by atoms with Crippen molar-refractivity contribution < 1.29 is 9.47 Å². The van der Waals surface area contributed by atoms with Gasteiger partial charge in [-0.25, -0.2) is 4.98 Å². The van der Waals surface area contributed by atoms with Crippen molar-refractivity contribution in [2.24, 2.45) is 0 Å². The van der Waals surface area contributed by atoms with Gasteiger partial charge in [-0.05, 0) is 48.7 Å². The van der Waals surface area contributed by atoms with Crippen LogP contribution in [0.25, 0.3) is 0 Å². The number of anilines is 1. The molecule has 0 spiro atoms. The van der Waals surface area contributed by atoms with Crippen molar-refractivity contribution in [2.45, 2.75) is 39.3 Å². The predicted molar refractivity (Wildman–Crippen MR) is 102 cm³/mol. The summed E-state index contributed by atoms with van der Waals surface area (Å²) in [7, 11) is 2.03.